The van der Waals surface area contributed by atoms with Crippen LogP contribution in [0.25, 0.3) is 0 Å². The Hall–Kier alpha value is -3.22. The van der Waals surface area contributed by atoms with Crippen LogP contribution in [0.3, 0.4) is 0 Å². The molecule has 2 aromatic rings. The van der Waals surface area contributed by atoms with Crippen LogP contribution in [-0.4, -0.2) is 48.4 Å². The second-order valence-electron chi connectivity index (χ2n) is 6.78. The van der Waals surface area contributed by atoms with Gasteiger partial charge in [0.1, 0.15) is 12.1 Å². The number of carbonyl (C=O) groups excluding carboxylic acids is 3. The minimum Gasteiger partial charge on any atom is -0.485 e. The molecule has 1 aliphatic heterocycles. The van der Waals surface area contributed by atoms with Gasteiger partial charge < -0.3 is 14.4 Å². The van der Waals surface area contributed by atoms with Crippen molar-refractivity contribution in [3.05, 3.63) is 66.0 Å². The number of hydrogen-bond donors (Lipinski definition) is 0. The number of nitrogens with zero attached hydrogens (tertiary/aromatic N) is 1. The van der Waals surface area contributed by atoms with E-state index >= 15 is 0 Å². The highest BCUT2D eigenvalue weighted by atomic mass is 19.1. The lowest BCUT2D eigenvalue weighted by atomic mass is 10.1. The van der Waals surface area contributed by atoms with Crippen LogP contribution in [0.1, 0.15) is 29.6 Å². The van der Waals surface area contributed by atoms with Crippen molar-refractivity contribution in [2.45, 2.75) is 31.4 Å². The molecule has 0 unspecified atom stereocenters. The number of halogens is 1. The van der Waals surface area contributed by atoms with E-state index in [4.69, 9.17) is 9.47 Å². The Morgan fingerprint density at radius 1 is 1.03 bits per heavy atom. The average molecular weight is 399 g/mol. The van der Waals surface area contributed by atoms with E-state index in [1.54, 1.807) is 36.4 Å². The number of ketones is 1. The number of amides is 1. The summed E-state index contributed by atoms with van der Waals surface area (Å²) in [6.45, 7) is 0.118. The molecule has 152 valence electrons. The minimum atomic E-state index is -0.823. The van der Waals surface area contributed by atoms with E-state index in [1.807, 2.05) is 6.07 Å². The van der Waals surface area contributed by atoms with E-state index in [0.29, 0.717) is 5.56 Å². The number of Topliss-reactive ketones (excluding diaryl/α,β-unsaturated/α-hetero) is 1. The van der Waals surface area contributed by atoms with E-state index in [-0.39, 0.29) is 43.2 Å². The lowest BCUT2D eigenvalue weighted by molar-refractivity contribution is -0.150. The van der Waals surface area contributed by atoms with Crippen molar-refractivity contribution in [1.82, 2.24) is 4.90 Å². The maximum Gasteiger partial charge on any atom is 0.328 e. The second kappa shape index (κ2) is 9.32. The zero-order valence-electron chi connectivity index (χ0n) is 16.0. The Morgan fingerprint density at radius 3 is 2.41 bits per heavy atom. The van der Waals surface area contributed by atoms with Gasteiger partial charge in [-0.2, -0.15) is 0 Å². The first-order chi connectivity index (χ1) is 14.0. The van der Waals surface area contributed by atoms with Crippen molar-refractivity contribution in [2.24, 2.45) is 0 Å². The number of hydrogen-bond acceptors (Lipinski definition) is 5. The summed E-state index contributed by atoms with van der Waals surface area (Å²) in [6.07, 6.45) is -0.358. The van der Waals surface area contributed by atoms with Gasteiger partial charge in [0.25, 0.3) is 0 Å². The number of benzene rings is 2. The Morgan fingerprint density at radius 2 is 1.72 bits per heavy atom. The monoisotopic (exact) mass is 399 g/mol. The molecule has 3 rings (SSSR count). The van der Waals surface area contributed by atoms with Gasteiger partial charge in [-0.3, -0.25) is 9.59 Å². The van der Waals surface area contributed by atoms with Crippen molar-refractivity contribution < 1.29 is 28.2 Å². The molecule has 0 radical (unpaired) electrons. The Kier molecular flexibility index (Phi) is 6.59. The van der Waals surface area contributed by atoms with Gasteiger partial charge in [0.15, 0.2) is 17.3 Å². The number of ether oxygens (including phenoxy) is 2. The maximum absolute atomic E-state index is 13.9. The molecule has 1 fully saturated rings. The predicted molar refractivity (Wildman–Crippen MR) is 103 cm³/mol. The van der Waals surface area contributed by atoms with Crippen molar-refractivity contribution in [3.63, 3.8) is 0 Å². The molecular formula is C22H22FNO5. The molecule has 0 bridgehead atoms. The van der Waals surface area contributed by atoms with Crippen LogP contribution < -0.4 is 4.74 Å². The molecule has 6 nitrogen and oxygen atoms in total. The van der Waals surface area contributed by atoms with Crippen LogP contribution in [0.2, 0.25) is 0 Å². The van der Waals surface area contributed by atoms with Gasteiger partial charge in [-0.25, -0.2) is 9.18 Å². The van der Waals surface area contributed by atoms with Crippen LogP contribution in [0.5, 0.6) is 5.75 Å². The highest BCUT2D eigenvalue weighted by molar-refractivity contribution is 5.98. The molecule has 0 N–H and O–H groups in total. The maximum atomic E-state index is 13.9. The van der Waals surface area contributed by atoms with Crippen LogP contribution in [0.4, 0.5) is 4.39 Å². The van der Waals surface area contributed by atoms with Crippen LogP contribution >= 0.6 is 0 Å². The molecule has 0 saturated carbocycles. The fourth-order valence-electron chi connectivity index (χ4n) is 3.37. The topological polar surface area (TPSA) is 72.9 Å². The zero-order chi connectivity index (χ0) is 20.8. The molecule has 0 aromatic heterocycles. The summed E-state index contributed by atoms with van der Waals surface area (Å²) in [5.74, 6) is -1.50. The molecule has 0 spiro atoms. The van der Waals surface area contributed by atoms with Gasteiger partial charge in [-0.05, 0) is 12.1 Å². The fourth-order valence-corrected chi connectivity index (χ4v) is 3.37. The summed E-state index contributed by atoms with van der Waals surface area (Å²) >= 11 is 0. The molecule has 1 amide bonds. The van der Waals surface area contributed by atoms with Gasteiger partial charge in [0, 0.05) is 24.8 Å². The van der Waals surface area contributed by atoms with E-state index in [9.17, 15) is 18.8 Å². The number of esters is 1. The quantitative estimate of drug-likeness (QED) is 0.529. The SMILES string of the molecule is COC(=O)[C@H]1C[C@H](Oc2ccccc2F)CN1C(=O)CCC(=O)c1ccccc1. The predicted octanol–water partition coefficient (Wildman–Crippen LogP) is 3.01. The van der Waals surface area contributed by atoms with Gasteiger partial charge in [0.05, 0.1) is 13.7 Å². The third-order valence-electron chi connectivity index (χ3n) is 4.85. The Bertz CT molecular complexity index is 886. The first-order valence-electron chi connectivity index (χ1n) is 9.36. The van der Waals surface area contributed by atoms with Gasteiger partial charge >= 0.3 is 5.97 Å². The third kappa shape index (κ3) is 4.99. The highest BCUT2D eigenvalue weighted by Crippen LogP contribution is 2.26. The number of rotatable bonds is 7. The van der Waals surface area contributed by atoms with E-state index in [0.717, 1.165) is 0 Å². The van der Waals surface area contributed by atoms with Gasteiger partial charge in [-0.15, -0.1) is 0 Å². The zero-order valence-corrected chi connectivity index (χ0v) is 16.0. The molecule has 7 heteroatoms. The summed E-state index contributed by atoms with van der Waals surface area (Å²) in [7, 11) is 1.25. The van der Waals surface area contributed by atoms with Crippen molar-refractivity contribution in [1.29, 1.82) is 0 Å². The summed E-state index contributed by atoms with van der Waals surface area (Å²) in [5.41, 5.74) is 0.534. The summed E-state index contributed by atoms with van der Waals surface area (Å²) < 4.78 is 24.3. The van der Waals surface area contributed by atoms with E-state index in [2.05, 4.69) is 0 Å². The molecular weight excluding hydrogens is 377 g/mol. The molecule has 2 atom stereocenters. The lowest BCUT2D eigenvalue weighted by Gasteiger charge is -2.22. The van der Waals surface area contributed by atoms with Crippen molar-refractivity contribution in [3.8, 4) is 5.75 Å². The normalized spacial score (nSPS) is 18.3. The first kappa shape index (κ1) is 20.5. The van der Waals surface area contributed by atoms with Crippen LogP contribution in [-0.2, 0) is 14.3 Å². The Balaban J connectivity index is 1.65. The fraction of sp³-hybridized carbons (Fsp3) is 0.318. The summed E-state index contributed by atoms with van der Waals surface area (Å²) in [5, 5.41) is 0. The smallest absolute Gasteiger partial charge is 0.328 e. The molecule has 1 aliphatic rings. The van der Waals surface area contributed by atoms with E-state index in [1.165, 1.54) is 24.1 Å². The molecule has 0 aliphatic carbocycles. The van der Waals surface area contributed by atoms with Crippen molar-refractivity contribution in [2.75, 3.05) is 13.7 Å². The number of carbonyl (C=O) groups is 3. The molecule has 1 heterocycles. The Labute approximate surface area is 168 Å². The van der Waals surface area contributed by atoms with Crippen molar-refractivity contribution >= 4 is 17.7 Å². The number of para-hydroxylation sites is 1. The summed E-state index contributed by atoms with van der Waals surface area (Å²) in [6, 6.07) is 13.8. The standard InChI is InChI=1S/C22H22FNO5/c1-28-22(27)18-13-16(29-20-10-6-5-9-17(20)23)14-24(18)21(26)12-11-19(25)15-7-3-2-4-8-15/h2-10,16,18H,11-14H2,1H3/t16-,18+/m0/s1. The number of methoxy groups -OCH3 is 1. The van der Waals surface area contributed by atoms with E-state index < -0.39 is 23.9 Å². The molecule has 1 saturated heterocycles. The van der Waals surface area contributed by atoms with Crippen LogP contribution in [0.15, 0.2) is 54.6 Å². The molecule has 2 aromatic carbocycles. The average Bonchev–Trinajstić information content (AvgIpc) is 3.17. The van der Waals surface area contributed by atoms with Gasteiger partial charge in [0.2, 0.25) is 5.91 Å². The van der Waals surface area contributed by atoms with Crippen LogP contribution in [0, 0.1) is 5.82 Å². The highest BCUT2D eigenvalue weighted by Gasteiger charge is 2.41. The largest absolute Gasteiger partial charge is 0.485 e. The molecule has 29 heavy (non-hydrogen) atoms. The lowest BCUT2D eigenvalue weighted by Crippen LogP contribution is -2.41. The minimum absolute atomic E-state index is 0.0338. The third-order valence-corrected chi connectivity index (χ3v) is 4.85. The van der Waals surface area contributed by atoms with Gasteiger partial charge in [-0.1, -0.05) is 42.5 Å². The summed E-state index contributed by atoms with van der Waals surface area (Å²) in [4.78, 5) is 38.5. The second-order valence-corrected chi connectivity index (χ2v) is 6.78. The first-order valence-corrected chi connectivity index (χ1v) is 9.36. The number of likely N-dealkylation sites (tertiary alicyclic amines) is 1.